The number of nitrogens with zero attached hydrogens (tertiary/aromatic N) is 2. The lowest BCUT2D eigenvalue weighted by molar-refractivity contribution is -0.140. The van der Waals surface area contributed by atoms with E-state index in [1.54, 1.807) is 6.07 Å². The highest BCUT2D eigenvalue weighted by Gasteiger charge is 2.33. The van der Waals surface area contributed by atoms with Gasteiger partial charge in [0.25, 0.3) is 0 Å². The van der Waals surface area contributed by atoms with Crippen molar-refractivity contribution in [2.45, 2.75) is 52.2 Å². The number of carbonyl (C=O) groups is 2. The topological polar surface area (TPSA) is 96.0 Å². The molecule has 1 N–H and O–H groups in total. The first-order valence-corrected chi connectivity index (χ1v) is 13.7. The Bertz CT molecular complexity index is 1110. The zero-order valence-corrected chi connectivity index (χ0v) is 22.4. The third kappa shape index (κ3) is 7.86. The molecule has 2 amide bonds. The maximum atomic E-state index is 13.7. The minimum absolute atomic E-state index is 0.0616. The van der Waals surface area contributed by atoms with E-state index in [0.29, 0.717) is 11.4 Å². The molecular formula is C25H34ClN3O5S. The third-order valence-electron chi connectivity index (χ3n) is 5.67. The fourth-order valence-electron chi connectivity index (χ4n) is 3.59. The van der Waals surface area contributed by atoms with Crippen LogP contribution in [0.4, 0.5) is 5.69 Å². The second kappa shape index (κ2) is 12.8. The van der Waals surface area contributed by atoms with Crippen LogP contribution in [0.25, 0.3) is 0 Å². The number of anilines is 1. The summed E-state index contributed by atoms with van der Waals surface area (Å²) in [6.45, 7) is 5.30. The highest BCUT2D eigenvalue weighted by atomic mass is 35.5. The molecule has 0 unspecified atom stereocenters. The molecule has 2 rings (SSSR count). The summed E-state index contributed by atoms with van der Waals surface area (Å²) in [6, 6.07) is 13.0. The Morgan fingerprint density at radius 1 is 1.09 bits per heavy atom. The molecule has 2 aromatic rings. The molecule has 8 nitrogen and oxygen atoms in total. The monoisotopic (exact) mass is 523 g/mol. The number of halogens is 1. The number of carbonyl (C=O) groups excluding carboxylic acids is 2. The number of nitrogens with one attached hydrogen (secondary N) is 1. The van der Waals surface area contributed by atoms with Crippen LogP contribution in [-0.4, -0.2) is 57.1 Å². The molecule has 0 fully saturated rings. The van der Waals surface area contributed by atoms with Gasteiger partial charge in [-0.05, 0) is 43.5 Å². The van der Waals surface area contributed by atoms with E-state index in [4.69, 9.17) is 16.3 Å². The van der Waals surface area contributed by atoms with Gasteiger partial charge in [-0.15, -0.1) is 0 Å². The Kier molecular flexibility index (Phi) is 10.4. The number of sulfonamides is 1. The number of amides is 2. The highest BCUT2D eigenvalue weighted by Crippen LogP contribution is 2.33. The predicted molar refractivity (Wildman–Crippen MR) is 139 cm³/mol. The van der Waals surface area contributed by atoms with E-state index < -0.39 is 28.5 Å². The van der Waals surface area contributed by atoms with Crippen LogP contribution in [0.1, 0.15) is 39.2 Å². The summed E-state index contributed by atoms with van der Waals surface area (Å²) >= 11 is 6.13. The Morgan fingerprint density at radius 2 is 1.74 bits per heavy atom. The van der Waals surface area contributed by atoms with Gasteiger partial charge >= 0.3 is 0 Å². The Labute approximate surface area is 213 Å². The lowest BCUT2D eigenvalue weighted by atomic mass is 10.1. The summed E-state index contributed by atoms with van der Waals surface area (Å²) < 4.78 is 31.8. The Morgan fingerprint density at radius 3 is 2.29 bits per heavy atom. The van der Waals surface area contributed by atoms with Crippen molar-refractivity contribution in [1.29, 1.82) is 0 Å². The van der Waals surface area contributed by atoms with Gasteiger partial charge in [-0.3, -0.25) is 13.9 Å². The molecule has 10 heteroatoms. The van der Waals surface area contributed by atoms with Gasteiger partial charge in [-0.2, -0.15) is 0 Å². The number of hydrogen-bond donors (Lipinski definition) is 1. The van der Waals surface area contributed by atoms with Gasteiger partial charge in [0.15, 0.2) is 0 Å². The fraction of sp³-hybridized carbons (Fsp3) is 0.440. The molecule has 192 valence electrons. The normalized spacial score (nSPS) is 13.0. The van der Waals surface area contributed by atoms with E-state index in [1.807, 2.05) is 51.1 Å². The van der Waals surface area contributed by atoms with Gasteiger partial charge in [0.05, 0.1) is 19.1 Å². The van der Waals surface area contributed by atoms with Gasteiger partial charge in [0.2, 0.25) is 21.8 Å². The highest BCUT2D eigenvalue weighted by molar-refractivity contribution is 7.92. The lowest BCUT2D eigenvalue weighted by Gasteiger charge is -2.33. The van der Waals surface area contributed by atoms with Crippen LogP contribution in [0.15, 0.2) is 48.5 Å². The molecule has 2 aromatic carbocycles. The molecule has 0 aliphatic heterocycles. The molecule has 0 radical (unpaired) electrons. The van der Waals surface area contributed by atoms with E-state index in [0.717, 1.165) is 22.5 Å². The largest absolute Gasteiger partial charge is 0.495 e. The molecule has 0 aliphatic carbocycles. The maximum Gasteiger partial charge on any atom is 0.244 e. The number of methoxy groups -OCH3 is 1. The third-order valence-corrected chi connectivity index (χ3v) is 7.03. The van der Waals surface area contributed by atoms with Crippen molar-refractivity contribution < 1.29 is 22.7 Å². The quantitative estimate of drug-likeness (QED) is 0.456. The first-order chi connectivity index (χ1) is 16.5. The summed E-state index contributed by atoms with van der Waals surface area (Å²) in [5.74, 6) is -0.548. The van der Waals surface area contributed by atoms with Gasteiger partial charge in [0.1, 0.15) is 18.3 Å². The van der Waals surface area contributed by atoms with Crippen LogP contribution >= 0.6 is 11.6 Å². The molecule has 0 bridgehead atoms. The predicted octanol–water partition coefficient (Wildman–Crippen LogP) is 3.84. The molecule has 0 aliphatic rings. The first kappa shape index (κ1) is 28.5. The van der Waals surface area contributed by atoms with Crippen molar-refractivity contribution in [3.63, 3.8) is 0 Å². The van der Waals surface area contributed by atoms with Crippen LogP contribution in [0.3, 0.4) is 0 Å². The number of rotatable bonds is 12. The zero-order valence-electron chi connectivity index (χ0n) is 20.8. The minimum atomic E-state index is -3.90. The van der Waals surface area contributed by atoms with Gasteiger partial charge in [-0.1, -0.05) is 55.8 Å². The molecule has 0 saturated heterocycles. The summed E-state index contributed by atoms with van der Waals surface area (Å²) in [4.78, 5) is 28.2. The summed E-state index contributed by atoms with van der Waals surface area (Å²) in [5, 5.41) is 3.23. The molecule has 0 spiro atoms. The van der Waals surface area contributed by atoms with Crippen molar-refractivity contribution in [3.05, 3.63) is 59.1 Å². The van der Waals surface area contributed by atoms with Crippen molar-refractivity contribution in [2.24, 2.45) is 0 Å². The van der Waals surface area contributed by atoms with Crippen LogP contribution in [0, 0.1) is 0 Å². The van der Waals surface area contributed by atoms with E-state index in [9.17, 15) is 18.0 Å². The first-order valence-electron chi connectivity index (χ1n) is 11.5. The standard InChI is InChI=1S/C25H34ClN3O5S/c1-6-18(3)27-25(31)21(7-2)28(16-19-11-9-8-10-12-19)24(30)17-29(35(5,32)33)22-15-20(26)13-14-23(22)34-4/h8-15,18,21H,6-7,16-17H2,1-5H3,(H,27,31)/t18-,21+/m1/s1. The maximum absolute atomic E-state index is 13.7. The van der Waals surface area contributed by atoms with Crippen molar-refractivity contribution in [2.75, 3.05) is 24.2 Å². The summed E-state index contributed by atoms with van der Waals surface area (Å²) in [6.07, 6.45) is 2.11. The van der Waals surface area contributed by atoms with Crippen LogP contribution < -0.4 is 14.4 Å². The number of benzene rings is 2. The van der Waals surface area contributed by atoms with Crippen LogP contribution in [0.5, 0.6) is 5.75 Å². The minimum Gasteiger partial charge on any atom is -0.495 e. The summed E-state index contributed by atoms with van der Waals surface area (Å²) in [5.41, 5.74) is 0.967. The van der Waals surface area contributed by atoms with E-state index in [2.05, 4.69) is 5.32 Å². The van der Waals surface area contributed by atoms with Gasteiger partial charge < -0.3 is 15.0 Å². The van der Waals surface area contributed by atoms with E-state index >= 15 is 0 Å². The average molecular weight is 524 g/mol. The van der Waals surface area contributed by atoms with Crippen molar-refractivity contribution >= 4 is 39.1 Å². The summed E-state index contributed by atoms with van der Waals surface area (Å²) in [7, 11) is -2.49. The second-order valence-electron chi connectivity index (χ2n) is 8.33. The molecule has 2 atom stereocenters. The molecular weight excluding hydrogens is 490 g/mol. The zero-order chi connectivity index (χ0) is 26.2. The van der Waals surface area contributed by atoms with Crippen molar-refractivity contribution in [1.82, 2.24) is 10.2 Å². The Balaban J connectivity index is 2.48. The molecule has 0 aromatic heterocycles. The van der Waals surface area contributed by atoms with E-state index in [-0.39, 0.29) is 29.9 Å². The second-order valence-corrected chi connectivity index (χ2v) is 10.7. The van der Waals surface area contributed by atoms with Crippen LogP contribution in [0.2, 0.25) is 5.02 Å². The van der Waals surface area contributed by atoms with Crippen molar-refractivity contribution in [3.8, 4) is 5.75 Å². The molecule has 35 heavy (non-hydrogen) atoms. The van der Waals surface area contributed by atoms with Crippen LogP contribution in [-0.2, 0) is 26.2 Å². The molecule has 0 saturated carbocycles. The van der Waals surface area contributed by atoms with Gasteiger partial charge in [0, 0.05) is 17.6 Å². The molecule has 0 heterocycles. The SMILES string of the molecule is CC[C@@H](C)NC(=O)[C@H](CC)N(Cc1ccccc1)C(=O)CN(c1cc(Cl)ccc1OC)S(C)(=O)=O. The van der Waals surface area contributed by atoms with E-state index in [1.165, 1.54) is 24.1 Å². The van der Waals surface area contributed by atoms with Gasteiger partial charge in [-0.25, -0.2) is 8.42 Å². The average Bonchev–Trinajstić information content (AvgIpc) is 2.82. The Hall–Kier alpha value is -2.78. The number of hydrogen-bond acceptors (Lipinski definition) is 5. The fourth-order valence-corrected chi connectivity index (χ4v) is 4.60. The lowest BCUT2D eigenvalue weighted by Crippen LogP contribution is -2.53. The number of ether oxygens (including phenoxy) is 1. The smallest absolute Gasteiger partial charge is 0.244 e.